The van der Waals surface area contributed by atoms with Crippen LogP contribution in [0.2, 0.25) is 0 Å². The predicted octanol–water partition coefficient (Wildman–Crippen LogP) is 3.88. The molecule has 156 valence electrons. The second kappa shape index (κ2) is 8.99. The fraction of sp³-hybridized carbons (Fsp3) is 0.435. The van der Waals surface area contributed by atoms with Gasteiger partial charge in [0.05, 0.1) is 17.5 Å². The Hall–Kier alpha value is -2.34. The van der Waals surface area contributed by atoms with Gasteiger partial charge >= 0.3 is 0 Å². The van der Waals surface area contributed by atoms with Crippen LogP contribution in [0.5, 0.6) is 0 Å². The van der Waals surface area contributed by atoms with E-state index in [1.807, 2.05) is 4.90 Å². The quantitative estimate of drug-likeness (QED) is 0.721. The van der Waals surface area contributed by atoms with Gasteiger partial charge < -0.3 is 4.90 Å². The number of benzene rings is 2. The zero-order valence-corrected chi connectivity index (χ0v) is 18.3. The molecule has 1 heterocycles. The Bertz CT molecular complexity index is 946. The van der Waals surface area contributed by atoms with Gasteiger partial charge in [0.25, 0.3) is 5.91 Å². The van der Waals surface area contributed by atoms with Gasteiger partial charge in [-0.15, -0.1) is 0 Å². The summed E-state index contributed by atoms with van der Waals surface area (Å²) in [5.74, 6) is 0.530. The van der Waals surface area contributed by atoms with Crippen LogP contribution in [0.25, 0.3) is 0 Å². The van der Waals surface area contributed by atoms with Crippen molar-refractivity contribution in [2.45, 2.75) is 32.6 Å². The van der Waals surface area contributed by atoms with E-state index >= 15 is 0 Å². The molecule has 0 N–H and O–H groups in total. The molecule has 1 aliphatic rings. The van der Waals surface area contributed by atoms with Gasteiger partial charge in [0.15, 0.2) is 0 Å². The van der Waals surface area contributed by atoms with E-state index in [1.165, 1.54) is 22.5 Å². The third-order valence-corrected chi connectivity index (χ3v) is 7.03. The van der Waals surface area contributed by atoms with E-state index in [0.29, 0.717) is 30.3 Å². The lowest BCUT2D eigenvalue weighted by Crippen LogP contribution is -2.39. The van der Waals surface area contributed by atoms with E-state index in [1.54, 1.807) is 24.3 Å². The number of sulfonamides is 1. The van der Waals surface area contributed by atoms with Crippen LogP contribution in [0, 0.1) is 12.8 Å². The highest BCUT2D eigenvalue weighted by Gasteiger charge is 2.27. The third-order valence-electron chi connectivity index (χ3n) is 5.83. The molecular formula is C23H30N2O3S. The Labute approximate surface area is 174 Å². The first-order valence-corrected chi connectivity index (χ1v) is 12.0. The first-order valence-electron chi connectivity index (χ1n) is 10.1. The number of carbonyl (C=O) groups excluding carboxylic acids is 1. The molecule has 3 rings (SSSR count). The molecule has 1 amide bonds. The van der Waals surface area contributed by atoms with E-state index in [-0.39, 0.29) is 5.91 Å². The highest BCUT2D eigenvalue weighted by atomic mass is 32.2. The molecule has 5 nitrogen and oxygen atoms in total. The summed E-state index contributed by atoms with van der Waals surface area (Å²) >= 11 is 0. The van der Waals surface area contributed by atoms with Crippen LogP contribution < -0.4 is 4.31 Å². The number of piperidine rings is 1. The van der Waals surface area contributed by atoms with Crippen molar-refractivity contribution < 1.29 is 13.2 Å². The van der Waals surface area contributed by atoms with Gasteiger partial charge in [-0.2, -0.15) is 0 Å². The minimum Gasteiger partial charge on any atom is -0.339 e. The fourth-order valence-corrected chi connectivity index (χ4v) is 4.34. The van der Waals surface area contributed by atoms with Crippen LogP contribution in [-0.2, 0) is 16.4 Å². The van der Waals surface area contributed by atoms with Gasteiger partial charge in [-0.1, -0.05) is 42.0 Å². The predicted molar refractivity (Wildman–Crippen MR) is 118 cm³/mol. The molecule has 0 spiro atoms. The van der Waals surface area contributed by atoms with E-state index in [0.717, 1.165) is 31.9 Å². The molecule has 0 atom stereocenters. The van der Waals surface area contributed by atoms with Gasteiger partial charge in [0.2, 0.25) is 10.0 Å². The summed E-state index contributed by atoms with van der Waals surface area (Å²) in [6.07, 6.45) is 5.33. The fourth-order valence-electron chi connectivity index (χ4n) is 3.83. The lowest BCUT2D eigenvalue weighted by molar-refractivity contribution is 0.0688. The van der Waals surface area contributed by atoms with Crippen LogP contribution in [0.3, 0.4) is 0 Å². The summed E-state index contributed by atoms with van der Waals surface area (Å²) in [4.78, 5) is 14.9. The van der Waals surface area contributed by atoms with Crippen molar-refractivity contribution in [3.05, 3.63) is 65.2 Å². The summed E-state index contributed by atoms with van der Waals surface area (Å²) < 4.78 is 25.0. The number of nitrogens with zero attached hydrogens (tertiary/aromatic N) is 2. The molecule has 1 saturated heterocycles. The number of hydrogen-bond acceptors (Lipinski definition) is 3. The molecule has 6 heteroatoms. The molecule has 0 aliphatic carbocycles. The average Bonchev–Trinajstić information content (AvgIpc) is 2.72. The highest BCUT2D eigenvalue weighted by Crippen LogP contribution is 2.27. The van der Waals surface area contributed by atoms with Crippen LogP contribution in [0.1, 0.15) is 40.7 Å². The summed E-state index contributed by atoms with van der Waals surface area (Å²) in [5, 5.41) is 0. The van der Waals surface area contributed by atoms with E-state index in [9.17, 15) is 13.2 Å². The second-order valence-electron chi connectivity index (χ2n) is 8.01. The van der Waals surface area contributed by atoms with Crippen LogP contribution >= 0.6 is 0 Å². The molecule has 1 aliphatic heterocycles. The normalized spacial score (nSPS) is 15.3. The molecule has 0 radical (unpaired) electrons. The first-order chi connectivity index (χ1) is 13.8. The molecule has 0 saturated carbocycles. The zero-order valence-electron chi connectivity index (χ0n) is 17.5. The lowest BCUT2D eigenvalue weighted by Gasteiger charge is -2.33. The highest BCUT2D eigenvalue weighted by molar-refractivity contribution is 7.92. The van der Waals surface area contributed by atoms with Crippen LogP contribution in [0.15, 0.2) is 48.5 Å². The van der Waals surface area contributed by atoms with Gasteiger partial charge in [-0.05, 0) is 56.2 Å². The smallest absolute Gasteiger partial charge is 0.255 e. The van der Waals surface area contributed by atoms with Crippen molar-refractivity contribution in [1.29, 1.82) is 0 Å². The number of anilines is 1. The largest absolute Gasteiger partial charge is 0.339 e. The standard InChI is InChI=1S/C23H30N2O3S/c1-18-8-10-19(11-9-18)12-13-20-14-16-25(17-15-20)23(26)21-6-4-5-7-22(21)24(2)29(3,27)28/h4-11,20H,12-17H2,1-3H3. The zero-order chi connectivity index (χ0) is 21.0. The summed E-state index contributed by atoms with van der Waals surface area (Å²) in [7, 11) is -1.94. The Morgan fingerprint density at radius 2 is 1.69 bits per heavy atom. The van der Waals surface area contributed by atoms with E-state index in [4.69, 9.17) is 0 Å². The van der Waals surface area contributed by atoms with Gasteiger partial charge in [-0.3, -0.25) is 9.10 Å². The van der Waals surface area contributed by atoms with Gasteiger partial charge in [-0.25, -0.2) is 8.42 Å². The molecule has 0 bridgehead atoms. The number of para-hydroxylation sites is 1. The first kappa shape index (κ1) is 21.4. The average molecular weight is 415 g/mol. The summed E-state index contributed by atoms with van der Waals surface area (Å²) in [6.45, 7) is 3.53. The van der Waals surface area contributed by atoms with Gasteiger partial charge in [0, 0.05) is 20.1 Å². The summed E-state index contributed by atoms with van der Waals surface area (Å²) in [6, 6.07) is 15.6. The van der Waals surface area contributed by atoms with Crippen molar-refractivity contribution in [2.24, 2.45) is 5.92 Å². The number of aryl methyl sites for hydroxylation is 2. The van der Waals surface area contributed by atoms with Crippen LogP contribution in [0.4, 0.5) is 5.69 Å². The molecule has 29 heavy (non-hydrogen) atoms. The van der Waals surface area contributed by atoms with Crippen molar-refractivity contribution in [2.75, 3.05) is 30.7 Å². The molecule has 2 aromatic carbocycles. The maximum absolute atomic E-state index is 13.1. The maximum atomic E-state index is 13.1. The third kappa shape index (κ3) is 5.38. The number of rotatable bonds is 6. The molecule has 0 unspecified atom stereocenters. The molecule has 2 aromatic rings. The van der Waals surface area contributed by atoms with E-state index < -0.39 is 10.0 Å². The Morgan fingerprint density at radius 1 is 1.07 bits per heavy atom. The van der Waals surface area contributed by atoms with Crippen molar-refractivity contribution in [1.82, 2.24) is 4.90 Å². The minimum atomic E-state index is -3.43. The minimum absolute atomic E-state index is 0.0897. The number of likely N-dealkylation sites (tertiary alicyclic amines) is 1. The number of carbonyl (C=O) groups is 1. The SMILES string of the molecule is Cc1ccc(CCC2CCN(C(=O)c3ccccc3N(C)S(C)(=O)=O)CC2)cc1. The van der Waals surface area contributed by atoms with Crippen LogP contribution in [-0.4, -0.2) is 45.6 Å². The monoisotopic (exact) mass is 414 g/mol. The van der Waals surface area contributed by atoms with Crippen molar-refractivity contribution in [3.63, 3.8) is 0 Å². The topological polar surface area (TPSA) is 57.7 Å². The second-order valence-corrected chi connectivity index (χ2v) is 10.0. The number of hydrogen-bond donors (Lipinski definition) is 0. The van der Waals surface area contributed by atoms with Crippen molar-refractivity contribution in [3.8, 4) is 0 Å². The Balaban J connectivity index is 1.60. The molecular weight excluding hydrogens is 384 g/mol. The summed E-state index contributed by atoms with van der Waals surface area (Å²) in [5.41, 5.74) is 3.52. The Kier molecular flexibility index (Phi) is 6.63. The Morgan fingerprint density at radius 3 is 2.31 bits per heavy atom. The molecule has 1 fully saturated rings. The molecule has 0 aromatic heterocycles. The maximum Gasteiger partial charge on any atom is 0.255 e. The van der Waals surface area contributed by atoms with Gasteiger partial charge in [0.1, 0.15) is 0 Å². The van der Waals surface area contributed by atoms with E-state index in [2.05, 4.69) is 31.2 Å². The lowest BCUT2D eigenvalue weighted by atomic mass is 9.90. The number of amides is 1. The van der Waals surface area contributed by atoms with Crippen molar-refractivity contribution >= 4 is 21.6 Å².